The second kappa shape index (κ2) is 10.1. The van der Waals surface area contributed by atoms with E-state index in [1.807, 2.05) is 31.2 Å². The molecule has 0 spiro atoms. The number of amides is 2. The molecule has 2 aliphatic rings. The van der Waals surface area contributed by atoms with Crippen molar-refractivity contribution in [1.82, 2.24) is 10.6 Å². The summed E-state index contributed by atoms with van der Waals surface area (Å²) in [4.78, 5) is 25.9. The molecule has 4 atom stereocenters. The minimum atomic E-state index is -0.702. The summed E-state index contributed by atoms with van der Waals surface area (Å²) in [5.41, 5.74) is 0.0352. The van der Waals surface area contributed by atoms with Crippen molar-refractivity contribution < 1.29 is 19.4 Å². The number of hydrogen-bond acceptors (Lipinski definition) is 4. The molecule has 0 aromatic heterocycles. The van der Waals surface area contributed by atoms with E-state index in [4.69, 9.17) is 4.74 Å². The van der Waals surface area contributed by atoms with E-state index in [0.29, 0.717) is 38.6 Å². The van der Waals surface area contributed by atoms with Gasteiger partial charge in [0.25, 0.3) is 0 Å². The van der Waals surface area contributed by atoms with Crippen molar-refractivity contribution >= 4 is 11.8 Å². The van der Waals surface area contributed by atoms with E-state index in [2.05, 4.69) is 45.3 Å². The Hall–Kier alpha value is -2.08. The molecule has 2 saturated carbocycles. The van der Waals surface area contributed by atoms with Crippen LogP contribution < -0.4 is 15.4 Å². The van der Waals surface area contributed by atoms with E-state index >= 15 is 0 Å². The SMILES string of the molecule is COc1ccc(CNC(=O)CC[C@]23CC[C@](C)(O)C[C@H]2C(C)(C)C[C@@H]3NC(=O)CC(C)(C)C)cc1. The summed E-state index contributed by atoms with van der Waals surface area (Å²) in [6.45, 7) is 13.2. The summed E-state index contributed by atoms with van der Waals surface area (Å²) < 4.78 is 5.20. The molecule has 196 valence electrons. The number of fused-ring (bicyclic) bond motifs is 1. The number of ether oxygens (including phenoxy) is 1. The number of carbonyl (C=O) groups excluding carboxylic acids is 2. The van der Waals surface area contributed by atoms with Crippen molar-refractivity contribution in [3.63, 3.8) is 0 Å². The molecular weight excluding hydrogens is 440 g/mol. The lowest BCUT2D eigenvalue weighted by Gasteiger charge is -2.51. The summed E-state index contributed by atoms with van der Waals surface area (Å²) in [7, 11) is 1.64. The van der Waals surface area contributed by atoms with Gasteiger partial charge in [-0.2, -0.15) is 0 Å². The lowest BCUT2D eigenvalue weighted by Crippen LogP contribution is -2.53. The molecule has 0 saturated heterocycles. The van der Waals surface area contributed by atoms with Gasteiger partial charge in [0.2, 0.25) is 11.8 Å². The third-order valence-corrected chi connectivity index (χ3v) is 8.33. The Labute approximate surface area is 211 Å². The molecule has 0 aliphatic heterocycles. The number of hydrogen-bond donors (Lipinski definition) is 3. The zero-order valence-electron chi connectivity index (χ0n) is 22.8. The Morgan fingerprint density at radius 2 is 1.71 bits per heavy atom. The largest absolute Gasteiger partial charge is 0.497 e. The summed E-state index contributed by atoms with van der Waals surface area (Å²) in [5.74, 6) is 1.14. The van der Waals surface area contributed by atoms with Crippen LogP contribution in [0.1, 0.15) is 92.1 Å². The van der Waals surface area contributed by atoms with Gasteiger partial charge in [0.15, 0.2) is 0 Å². The molecule has 1 aromatic rings. The first kappa shape index (κ1) is 27.5. The highest BCUT2D eigenvalue weighted by Crippen LogP contribution is 2.63. The number of aliphatic hydroxyl groups is 1. The highest BCUT2D eigenvalue weighted by atomic mass is 16.5. The number of rotatable bonds is 8. The third kappa shape index (κ3) is 6.78. The van der Waals surface area contributed by atoms with Crippen LogP contribution in [0, 0.1) is 22.2 Å². The summed E-state index contributed by atoms with van der Waals surface area (Å²) in [6, 6.07) is 7.71. The Bertz CT molecular complexity index is 900. The molecule has 2 amide bonds. The van der Waals surface area contributed by atoms with Crippen LogP contribution >= 0.6 is 0 Å². The summed E-state index contributed by atoms with van der Waals surface area (Å²) in [6.07, 6.45) is 4.70. The Morgan fingerprint density at radius 3 is 2.31 bits per heavy atom. The molecule has 0 radical (unpaired) electrons. The topological polar surface area (TPSA) is 87.7 Å². The molecule has 35 heavy (non-hydrogen) atoms. The molecule has 0 heterocycles. The van der Waals surface area contributed by atoms with Crippen LogP contribution in [-0.2, 0) is 16.1 Å². The third-order valence-electron chi connectivity index (χ3n) is 8.33. The molecule has 2 aliphatic carbocycles. The zero-order valence-corrected chi connectivity index (χ0v) is 22.8. The van der Waals surface area contributed by atoms with E-state index in [0.717, 1.165) is 24.2 Å². The molecule has 3 N–H and O–H groups in total. The van der Waals surface area contributed by atoms with E-state index in [1.165, 1.54) is 0 Å². The molecule has 2 fully saturated rings. The van der Waals surface area contributed by atoms with Crippen LogP contribution in [0.5, 0.6) is 5.75 Å². The second-order valence-corrected chi connectivity index (χ2v) is 13.2. The van der Waals surface area contributed by atoms with Gasteiger partial charge < -0.3 is 20.5 Å². The fraction of sp³-hybridized carbons (Fsp3) is 0.724. The first-order valence-electron chi connectivity index (χ1n) is 13.1. The van der Waals surface area contributed by atoms with Crippen molar-refractivity contribution in [3.05, 3.63) is 29.8 Å². The summed E-state index contributed by atoms with van der Waals surface area (Å²) >= 11 is 0. The van der Waals surface area contributed by atoms with Gasteiger partial charge in [-0.25, -0.2) is 0 Å². The second-order valence-electron chi connectivity index (χ2n) is 13.2. The van der Waals surface area contributed by atoms with Gasteiger partial charge in [0, 0.05) is 25.4 Å². The standard InChI is InChI=1S/C29H46N2O4/c1-26(2,3)18-25(33)31-23-17-27(4,5)22-16-28(6,34)14-15-29(22,23)13-12-24(32)30-19-20-8-10-21(35-7)11-9-20/h8-11,22-23,34H,12-19H2,1-7H3,(H,30,32)(H,31,33)/t22-,23-,28-,29-/m0/s1. The van der Waals surface area contributed by atoms with Crippen LogP contribution in [0.3, 0.4) is 0 Å². The highest BCUT2D eigenvalue weighted by molar-refractivity contribution is 5.77. The molecule has 6 heteroatoms. The normalized spacial score (nSPS) is 29.8. The molecule has 6 nitrogen and oxygen atoms in total. The van der Waals surface area contributed by atoms with Gasteiger partial charge in [-0.15, -0.1) is 0 Å². The predicted octanol–water partition coefficient (Wildman–Crippen LogP) is 4.98. The number of benzene rings is 1. The van der Waals surface area contributed by atoms with Crippen LogP contribution in [0.15, 0.2) is 24.3 Å². The maximum atomic E-state index is 13.0. The first-order valence-corrected chi connectivity index (χ1v) is 13.1. The van der Waals surface area contributed by atoms with Gasteiger partial charge in [-0.05, 0) is 78.9 Å². The van der Waals surface area contributed by atoms with E-state index in [-0.39, 0.29) is 40.0 Å². The average molecular weight is 487 g/mol. The summed E-state index contributed by atoms with van der Waals surface area (Å²) in [5, 5.41) is 17.4. The van der Waals surface area contributed by atoms with E-state index < -0.39 is 5.60 Å². The van der Waals surface area contributed by atoms with Gasteiger partial charge in [-0.3, -0.25) is 9.59 Å². The molecule has 0 unspecified atom stereocenters. The van der Waals surface area contributed by atoms with Gasteiger partial charge in [0.1, 0.15) is 5.75 Å². The fourth-order valence-corrected chi connectivity index (χ4v) is 6.54. The van der Waals surface area contributed by atoms with Crippen molar-refractivity contribution in [2.45, 2.75) is 105 Å². The minimum absolute atomic E-state index is 0.0165. The van der Waals surface area contributed by atoms with Crippen molar-refractivity contribution in [1.29, 1.82) is 0 Å². The fourth-order valence-electron chi connectivity index (χ4n) is 6.54. The van der Waals surface area contributed by atoms with Gasteiger partial charge >= 0.3 is 0 Å². The zero-order chi connectivity index (χ0) is 26.1. The molecular formula is C29H46N2O4. The maximum Gasteiger partial charge on any atom is 0.220 e. The van der Waals surface area contributed by atoms with E-state index in [1.54, 1.807) is 7.11 Å². The van der Waals surface area contributed by atoms with E-state index in [9.17, 15) is 14.7 Å². The molecule has 0 bridgehead atoms. The van der Waals surface area contributed by atoms with Crippen LogP contribution in [0.25, 0.3) is 0 Å². The monoisotopic (exact) mass is 486 g/mol. The Balaban J connectivity index is 1.72. The number of nitrogens with one attached hydrogen (secondary N) is 2. The quantitative estimate of drug-likeness (QED) is 0.484. The Morgan fingerprint density at radius 1 is 1.06 bits per heavy atom. The van der Waals surface area contributed by atoms with Crippen LogP contribution in [-0.4, -0.2) is 35.7 Å². The molecule has 3 rings (SSSR count). The average Bonchev–Trinajstić information content (AvgIpc) is 2.95. The number of methoxy groups -OCH3 is 1. The van der Waals surface area contributed by atoms with Crippen molar-refractivity contribution in [3.8, 4) is 5.75 Å². The smallest absolute Gasteiger partial charge is 0.220 e. The molecule has 1 aromatic carbocycles. The lowest BCUT2D eigenvalue weighted by molar-refractivity contribution is -0.126. The van der Waals surface area contributed by atoms with Crippen molar-refractivity contribution in [2.24, 2.45) is 22.2 Å². The Kier molecular flexibility index (Phi) is 7.95. The first-order chi connectivity index (χ1) is 16.2. The maximum absolute atomic E-state index is 13.0. The minimum Gasteiger partial charge on any atom is -0.497 e. The van der Waals surface area contributed by atoms with Gasteiger partial charge in [0.05, 0.1) is 12.7 Å². The van der Waals surface area contributed by atoms with Crippen molar-refractivity contribution in [2.75, 3.05) is 7.11 Å². The van der Waals surface area contributed by atoms with Gasteiger partial charge in [-0.1, -0.05) is 46.8 Å². The van der Waals surface area contributed by atoms with Crippen LogP contribution in [0.4, 0.5) is 0 Å². The highest BCUT2D eigenvalue weighted by Gasteiger charge is 2.61. The van der Waals surface area contributed by atoms with Crippen LogP contribution in [0.2, 0.25) is 0 Å². The number of carbonyl (C=O) groups is 2. The predicted molar refractivity (Wildman–Crippen MR) is 139 cm³/mol. The lowest BCUT2D eigenvalue weighted by atomic mass is 9.57.